The molecule has 0 spiro atoms. The number of nitrogens with one attached hydrogen (secondary N) is 3. The minimum absolute atomic E-state index is 0.215. The largest absolute Gasteiger partial charge is 0.480 e. The van der Waals surface area contributed by atoms with Crippen LogP contribution in [-0.4, -0.2) is 82.7 Å². The lowest BCUT2D eigenvalue weighted by Gasteiger charge is -2.27. The number of nitrogens with two attached hydrogens (primary N) is 2. The Bertz CT molecular complexity index is 619. The SMILES string of the molecule is CSCCC(N)C(=O)NC(C(=O)NC(CCCCN)C(=O)NC(C(=O)O)C(C)C)C(C)O. The van der Waals surface area contributed by atoms with Crippen LogP contribution in [0.15, 0.2) is 0 Å². The highest BCUT2D eigenvalue weighted by molar-refractivity contribution is 7.98. The summed E-state index contributed by atoms with van der Waals surface area (Å²) < 4.78 is 0. The lowest BCUT2D eigenvalue weighted by atomic mass is 10.0. The summed E-state index contributed by atoms with van der Waals surface area (Å²) in [5.74, 6) is -2.92. The Morgan fingerprint density at radius 3 is 1.97 bits per heavy atom. The van der Waals surface area contributed by atoms with E-state index in [0.29, 0.717) is 31.6 Å². The molecule has 0 saturated heterocycles. The van der Waals surface area contributed by atoms with Gasteiger partial charge in [-0.3, -0.25) is 14.4 Å². The van der Waals surface area contributed by atoms with E-state index in [2.05, 4.69) is 16.0 Å². The zero-order valence-electron chi connectivity index (χ0n) is 19.3. The van der Waals surface area contributed by atoms with E-state index in [9.17, 15) is 29.4 Å². The summed E-state index contributed by atoms with van der Waals surface area (Å²) in [7, 11) is 0. The first-order valence-electron chi connectivity index (χ1n) is 10.7. The number of carboxylic acids is 1. The number of rotatable bonds is 16. The van der Waals surface area contributed by atoms with Crippen molar-refractivity contribution in [3.63, 3.8) is 0 Å². The number of hydrogen-bond donors (Lipinski definition) is 7. The van der Waals surface area contributed by atoms with E-state index in [4.69, 9.17) is 11.5 Å². The standard InChI is InChI=1S/C20H39N5O6S/c1-11(2)15(20(30)31)24-18(28)14(7-5-6-9-21)23-19(29)16(12(3)26)25-17(27)13(22)8-10-32-4/h11-16,26H,5-10,21-22H2,1-4H3,(H,23,29)(H,24,28)(H,25,27)(H,30,31). The molecule has 0 radical (unpaired) electrons. The number of carbonyl (C=O) groups excluding carboxylic acids is 3. The number of carbonyl (C=O) groups is 4. The number of aliphatic hydroxyl groups is 1. The van der Waals surface area contributed by atoms with E-state index >= 15 is 0 Å². The van der Waals surface area contributed by atoms with Gasteiger partial charge in [0.1, 0.15) is 18.1 Å². The summed E-state index contributed by atoms with van der Waals surface area (Å²) in [5.41, 5.74) is 11.3. The Hall–Kier alpha value is -1.89. The summed E-state index contributed by atoms with van der Waals surface area (Å²) in [6, 6.07) is -4.35. The molecule has 0 aliphatic heterocycles. The van der Waals surface area contributed by atoms with Crippen molar-refractivity contribution < 1.29 is 29.4 Å². The van der Waals surface area contributed by atoms with Gasteiger partial charge in [-0.2, -0.15) is 11.8 Å². The quantitative estimate of drug-likeness (QED) is 0.133. The predicted octanol–water partition coefficient (Wildman–Crippen LogP) is -1.23. The Morgan fingerprint density at radius 2 is 1.50 bits per heavy atom. The molecular weight excluding hydrogens is 438 g/mol. The van der Waals surface area contributed by atoms with E-state index in [1.165, 1.54) is 18.7 Å². The molecule has 3 amide bonds. The van der Waals surface area contributed by atoms with Crippen LogP contribution in [0.1, 0.15) is 46.5 Å². The summed E-state index contributed by atoms with van der Waals surface area (Å²) in [6.07, 6.45) is 2.36. The Kier molecular flexibility index (Phi) is 14.9. The second kappa shape index (κ2) is 15.8. The molecule has 5 atom stereocenters. The van der Waals surface area contributed by atoms with Gasteiger partial charge in [0.15, 0.2) is 0 Å². The summed E-state index contributed by atoms with van der Waals surface area (Å²) >= 11 is 1.52. The Labute approximate surface area is 193 Å². The molecule has 0 aromatic heterocycles. The monoisotopic (exact) mass is 477 g/mol. The topological polar surface area (TPSA) is 197 Å². The van der Waals surface area contributed by atoms with Crippen LogP contribution in [0.2, 0.25) is 0 Å². The molecule has 0 saturated carbocycles. The van der Waals surface area contributed by atoms with Crippen LogP contribution in [0.5, 0.6) is 0 Å². The van der Waals surface area contributed by atoms with Crippen molar-refractivity contribution in [1.82, 2.24) is 16.0 Å². The van der Waals surface area contributed by atoms with Gasteiger partial charge >= 0.3 is 5.97 Å². The van der Waals surface area contributed by atoms with Crippen molar-refractivity contribution >= 4 is 35.5 Å². The van der Waals surface area contributed by atoms with Crippen molar-refractivity contribution in [3.8, 4) is 0 Å². The van der Waals surface area contributed by atoms with Gasteiger partial charge in [0, 0.05) is 0 Å². The average molecular weight is 478 g/mol. The number of thioether (sulfide) groups is 1. The van der Waals surface area contributed by atoms with Gasteiger partial charge in [0.2, 0.25) is 17.7 Å². The second-order valence-electron chi connectivity index (χ2n) is 8.03. The average Bonchev–Trinajstić information content (AvgIpc) is 2.71. The van der Waals surface area contributed by atoms with E-state index in [1.807, 2.05) is 6.26 Å². The number of aliphatic carboxylic acids is 1. The first kappa shape index (κ1) is 30.1. The molecular formula is C20H39N5O6S. The maximum absolute atomic E-state index is 12.8. The zero-order valence-corrected chi connectivity index (χ0v) is 20.1. The first-order chi connectivity index (χ1) is 15.0. The molecule has 186 valence electrons. The molecule has 0 heterocycles. The molecule has 0 aromatic carbocycles. The van der Waals surface area contributed by atoms with Gasteiger partial charge in [-0.05, 0) is 57.1 Å². The van der Waals surface area contributed by atoms with Gasteiger partial charge in [0.05, 0.1) is 12.1 Å². The van der Waals surface area contributed by atoms with Crippen LogP contribution in [0.3, 0.4) is 0 Å². The molecule has 32 heavy (non-hydrogen) atoms. The summed E-state index contributed by atoms with van der Waals surface area (Å²) in [4.78, 5) is 49.3. The van der Waals surface area contributed by atoms with Crippen LogP contribution in [-0.2, 0) is 19.2 Å². The van der Waals surface area contributed by atoms with Crippen molar-refractivity contribution in [1.29, 1.82) is 0 Å². The highest BCUT2D eigenvalue weighted by Gasteiger charge is 2.32. The fourth-order valence-corrected chi connectivity index (χ4v) is 3.32. The maximum atomic E-state index is 12.8. The third-order valence-corrected chi connectivity index (χ3v) is 5.49. The lowest BCUT2D eigenvalue weighted by molar-refractivity contribution is -0.143. The number of aliphatic hydroxyl groups excluding tert-OH is 1. The van der Waals surface area contributed by atoms with Crippen molar-refractivity contribution in [2.45, 2.75) is 76.7 Å². The molecule has 0 aliphatic rings. The normalized spacial score (nSPS) is 15.9. The van der Waals surface area contributed by atoms with Crippen LogP contribution < -0.4 is 27.4 Å². The second-order valence-corrected chi connectivity index (χ2v) is 9.01. The molecule has 11 nitrogen and oxygen atoms in total. The lowest BCUT2D eigenvalue weighted by Crippen LogP contribution is -2.60. The molecule has 0 fully saturated rings. The number of unbranched alkanes of at least 4 members (excludes halogenated alkanes) is 1. The molecule has 0 aromatic rings. The van der Waals surface area contributed by atoms with Gasteiger partial charge in [-0.1, -0.05) is 13.8 Å². The van der Waals surface area contributed by atoms with Crippen LogP contribution in [0.25, 0.3) is 0 Å². The predicted molar refractivity (Wildman–Crippen MR) is 124 cm³/mol. The van der Waals surface area contributed by atoms with Crippen LogP contribution >= 0.6 is 11.8 Å². The molecule has 0 rings (SSSR count). The number of amides is 3. The fraction of sp³-hybridized carbons (Fsp3) is 0.800. The highest BCUT2D eigenvalue weighted by Crippen LogP contribution is 2.07. The third-order valence-electron chi connectivity index (χ3n) is 4.84. The molecule has 0 bridgehead atoms. The third kappa shape index (κ3) is 11.1. The van der Waals surface area contributed by atoms with Gasteiger partial charge < -0.3 is 37.6 Å². The van der Waals surface area contributed by atoms with Crippen molar-refractivity contribution in [3.05, 3.63) is 0 Å². The number of carboxylic acid groups (broad SMARTS) is 1. The van der Waals surface area contributed by atoms with Gasteiger partial charge in [-0.25, -0.2) is 4.79 Å². The zero-order chi connectivity index (χ0) is 24.8. The fourth-order valence-electron chi connectivity index (χ4n) is 2.83. The van der Waals surface area contributed by atoms with E-state index in [0.717, 1.165) is 0 Å². The van der Waals surface area contributed by atoms with E-state index in [-0.39, 0.29) is 12.3 Å². The summed E-state index contributed by atoms with van der Waals surface area (Å²) in [6.45, 7) is 5.04. The first-order valence-corrected chi connectivity index (χ1v) is 12.1. The molecule has 12 heteroatoms. The van der Waals surface area contributed by atoms with Gasteiger partial charge in [0.25, 0.3) is 0 Å². The molecule has 9 N–H and O–H groups in total. The Balaban J connectivity index is 5.37. The maximum Gasteiger partial charge on any atom is 0.326 e. The Morgan fingerprint density at radius 1 is 0.906 bits per heavy atom. The molecule has 5 unspecified atom stereocenters. The number of hydrogen-bond acceptors (Lipinski definition) is 8. The highest BCUT2D eigenvalue weighted by atomic mass is 32.2. The smallest absolute Gasteiger partial charge is 0.326 e. The molecule has 0 aliphatic carbocycles. The van der Waals surface area contributed by atoms with Crippen molar-refractivity contribution in [2.75, 3.05) is 18.6 Å². The van der Waals surface area contributed by atoms with Crippen molar-refractivity contribution in [2.24, 2.45) is 17.4 Å². The van der Waals surface area contributed by atoms with Gasteiger partial charge in [-0.15, -0.1) is 0 Å². The van der Waals surface area contributed by atoms with E-state index < -0.39 is 54.0 Å². The van der Waals surface area contributed by atoms with Crippen LogP contribution in [0, 0.1) is 5.92 Å². The van der Waals surface area contributed by atoms with Crippen LogP contribution in [0.4, 0.5) is 0 Å². The minimum atomic E-state index is -1.33. The minimum Gasteiger partial charge on any atom is -0.480 e. The summed E-state index contributed by atoms with van der Waals surface area (Å²) in [5, 5.41) is 26.8. The van der Waals surface area contributed by atoms with E-state index in [1.54, 1.807) is 13.8 Å².